The quantitative estimate of drug-likeness (QED) is 0.874. The lowest BCUT2D eigenvalue weighted by atomic mass is 10.1. The molecule has 1 aliphatic heterocycles. The minimum Gasteiger partial charge on any atom is -0.395 e. The normalized spacial score (nSPS) is 25.8. The van der Waals surface area contributed by atoms with Gasteiger partial charge in [0.05, 0.1) is 24.0 Å². The molecule has 6 heteroatoms. The van der Waals surface area contributed by atoms with Crippen LogP contribution in [0.15, 0.2) is 6.20 Å². The number of hydrogen-bond acceptors (Lipinski definition) is 4. The molecule has 1 N–H and O–H groups in total. The zero-order valence-corrected chi connectivity index (χ0v) is 11.2. The van der Waals surface area contributed by atoms with Crippen LogP contribution in [0.5, 0.6) is 0 Å². The molecule has 1 saturated heterocycles. The van der Waals surface area contributed by atoms with Gasteiger partial charge in [-0.05, 0) is 27.2 Å². The van der Waals surface area contributed by atoms with Crippen molar-refractivity contribution >= 4 is 0 Å². The van der Waals surface area contributed by atoms with E-state index in [-0.39, 0.29) is 18.2 Å². The first-order valence-corrected chi connectivity index (χ1v) is 6.31. The van der Waals surface area contributed by atoms with Crippen molar-refractivity contribution in [3.05, 3.63) is 11.9 Å². The molecule has 2 rings (SSSR count). The summed E-state index contributed by atoms with van der Waals surface area (Å²) >= 11 is 0. The van der Waals surface area contributed by atoms with Gasteiger partial charge in [-0.2, -0.15) is 0 Å². The first-order valence-electron chi connectivity index (χ1n) is 6.31. The lowest BCUT2D eigenvalue weighted by Crippen LogP contribution is -2.32. The molecule has 1 aliphatic rings. The van der Waals surface area contributed by atoms with Crippen molar-refractivity contribution in [3.63, 3.8) is 0 Å². The molecule has 0 amide bonds. The minimum atomic E-state index is -0.847. The maximum atomic E-state index is 13.3. The number of nitrogens with zero attached hydrogens (tertiary/aromatic N) is 4. The van der Waals surface area contributed by atoms with Crippen LogP contribution in [0, 0.1) is 0 Å². The van der Waals surface area contributed by atoms with Gasteiger partial charge in [0.1, 0.15) is 6.17 Å². The monoisotopic (exact) mass is 256 g/mol. The molecule has 18 heavy (non-hydrogen) atoms. The van der Waals surface area contributed by atoms with Crippen LogP contribution in [0.1, 0.15) is 32.9 Å². The summed E-state index contributed by atoms with van der Waals surface area (Å²) in [7, 11) is 0. The summed E-state index contributed by atoms with van der Waals surface area (Å²) < 4.78 is 15.1. The van der Waals surface area contributed by atoms with Gasteiger partial charge < -0.3 is 5.11 Å². The second-order valence-corrected chi connectivity index (χ2v) is 5.92. The first-order chi connectivity index (χ1) is 8.40. The van der Waals surface area contributed by atoms with E-state index in [1.807, 2.05) is 11.1 Å². The molecule has 0 unspecified atom stereocenters. The summed E-state index contributed by atoms with van der Waals surface area (Å²) in [5, 5.41) is 17.4. The SMILES string of the molecule is CC(C)(C)n1cc(CN2C[C@@H](F)C[C@H]2CO)nn1. The highest BCUT2D eigenvalue weighted by molar-refractivity contribution is 4.97. The van der Waals surface area contributed by atoms with Crippen molar-refractivity contribution in [1.82, 2.24) is 19.9 Å². The zero-order valence-electron chi connectivity index (χ0n) is 11.2. The number of aliphatic hydroxyl groups excluding tert-OH is 1. The molecule has 1 fully saturated rings. The average Bonchev–Trinajstić information content (AvgIpc) is 2.85. The predicted molar refractivity (Wildman–Crippen MR) is 65.8 cm³/mol. The zero-order chi connectivity index (χ0) is 13.3. The number of alkyl halides is 1. The highest BCUT2D eigenvalue weighted by Gasteiger charge is 2.32. The van der Waals surface area contributed by atoms with E-state index in [4.69, 9.17) is 0 Å². The lowest BCUT2D eigenvalue weighted by Gasteiger charge is -2.21. The van der Waals surface area contributed by atoms with E-state index < -0.39 is 6.17 Å². The highest BCUT2D eigenvalue weighted by Crippen LogP contribution is 2.22. The molecular weight excluding hydrogens is 235 g/mol. The van der Waals surface area contributed by atoms with Crippen LogP contribution in [0.25, 0.3) is 0 Å². The Hall–Kier alpha value is -1.01. The van der Waals surface area contributed by atoms with Crippen LogP contribution in [-0.4, -0.2) is 50.4 Å². The van der Waals surface area contributed by atoms with Crippen molar-refractivity contribution < 1.29 is 9.50 Å². The fraction of sp³-hybridized carbons (Fsp3) is 0.833. The van der Waals surface area contributed by atoms with Gasteiger partial charge in [-0.3, -0.25) is 4.90 Å². The van der Waals surface area contributed by atoms with Crippen LogP contribution < -0.4 is 0 Å². The number of likely N-dealkylation sites (tertiary alicyclic amines) is 1. The van der Waals surface area contributed by atoms with Gasteiger partial charge in [0.15, 0.2) is 0 Å². The summed E-state index contributed by atoms with van der Waals surface area (Å²) in [4.78, 5) is 1.93. The van der Waals surface area contributed by atoms with Crippen LogP contribution in [0.4, 0.5) is 4.39 Å². The molecule has 0 aromatic carbocycles. The van der Waals surface area contributed by atoms with Crippen molar-refractivity contribution in [2.45, 2.75) is 51.5 Å². The maximum absolute atomic E-state index is 13.3. The minimum absolute atomic E-state index is 0.00612. The molecule has 0 spiro atoms. The van der Waals surface area contributed by atoms with Gasteiger partial charge >= 0.3 is 0 Å². The fourth-order valence-electron chi connectivity index (χ4n) is 2.21. The van der Waals surface area contributed by atoms with Gasteiger partial charge in [0.25, 0.3) is 0 Å². The number of hydrogen-bond donors (Lipinski definition) is 1. The smallest absolute Gasteiger partial charge is 0.114 e. The Bertz CT molecular complexity index is 401. The topological polar surface area (TPSA) is 54.2 Å². The lowest BCUT2D eigenvalue weighted by molar-refractivity contribution is 0.152. The Labute approximate surface area is 107 Å². The Balaban J connectivity index is 2.03. The number of halogens is 1. The third-order valence-electron chi connectivity index (χ3n) is 3.28. The summed E-state index contributed by atoms with van der Waals surface area (Å²) in [6.45, 7) is 7.06. The van der Waals surface area contributed by atoms with Gasteiger partial charge in [-0.1, -0.05) is 5.21 Å². The van der Waals surface area contributed by atoms with Gasteiger partial charge in [0.2, 0.25) is 0 Å². The largest absolute Gasteiger partial charge is 0.395 e. The fourth-order valence-corrected chi connectivity index (χ4v) is 2.21. The Kier molecular flexibility index (Phi) is 3.68. The number of aliphatic hydroxyl groups is 1. The number of rotatable bonds is 3. The van der Waals surface area contributed by atoms with Crippen molar-refractivity contribution in [2.24, 2.45) is 0 Å². The van der Waals surface area contributed by atoms with Gasteiger partial charge in [0, 0.05) is 19.1 Å². The molecular formula is C12H21FN4O. The molecule has 5 nitrogen and oxygen atoms in total. The van der Waals surface area contributed by atoms with Crippen molar-refractivity contribution in [3.8, 4) is 0 Å². The average molecular weight is 256 g/mol. The summed E-state index contributed by atoms with van der Waals surface area (Å²) in [5.41, 5.74) is 0.715. The van der Waals surface area contributed by atoms with Gasteiger partial charge in [-0.15, -0.1) is 5.10 Å². The van der Waals surface area contributed by atoms with Crippen LogP contribution in [0.2, 0.25) is 0 Å². The predicted octanol–water partition coefficient (Wildman–Crippen LogP) is 0.938. The Morgan fingerprint density at radius 1 is 1.50 bits per heavy atom. The van der Waals surface area contributed by atoms with Crippen LogP contribution >= 0.6 is 0 Å². The van der Waals surface area contributed by atoms with E-state index in [1.54, 1.807) is 4.68 Å². The molecule has 1 aromatic rings. The summed E-state index contributed by atoms with van der Waals surface area (Å²) in [6, 6.07) is -0.0974. The van der Waals surface area contributed by atoms with E-state index in [9.17, 15) is 9.50 Å². The summed E-state index contributed by atoms with van der Waals surface area (Å²) in [5.74, 6) is 0. The Morgan fingerprint density at radius 2 is 2.22 bits per heavy atom. The first kappa shape index (κ1) is 13.4. The Morgan fingerprint density at radius 3 is 2.78 bits per heavy atom. The van der Waals surface area contributed by atoms with E-state index >= 15 is 0 Å². The highest BCUT2D eigenvalue weighted by atomic mass is 19.1. The van der Waals surface area contributed by atoms with Crippen molar-refractivity contribution in [1.29, 1.82) is 0 Å². The van der Waals surface area contributed by atoms with Crippen LogP contribution in [0.3, 0.4) is 0 Å². The molecule has 0 radical (unpaired) electrons. The molecule has 0 aliphatic carbocycles. The molecule has 2 heterocycles. The third kappa shape index (κ3) is 2.87. The molecule has 2 atom stereocenters. The van der Waals surface area contributed by atoms with E-state index in [2.05, 4.69) is 31.1 Å². The van der Waals surface area contributed by atoms with Crippen LogP contribution in [-0.2, 0) is 12.1 Å². The molecule has 0 saturated carbocycles. The second-order valence-electron chi connectivity index (χ2n) is 5.92. The van der Waals surface area contributed by atoms with E-state index in [0.29, 0.717) is 19.5 Å². The summed E-state index contributed by atoms with van der Waals surface area (Å²) in [6.07, 6.45) is 1.45. The molecule has 0 bridgehead atoms. The second kappa shape index (κ2) is 4.93. The molecule has 102 valence electrons. The third-order valence-corrected chi connectivity index (χ3v) is 3.28. The standard InChI is InChI=1S/C12H21FN4O/c1-12(2,3)17-7-10(14-15-17)6-16-5-9(13)4-11(16)8-18/h7,9,11,18H,4-6,8H2,1-3H3/t9-,11-/m0/s1. The van der Waals surface area contributed by atoms with E-state index in [1.165, 1.54) is 0 Å². The number of aromatic nitrogens is 3. The maximum Gasteiger partial charge on any atom is 0.114 e. The molecule has 1 aromatic heterocycles. The van der Waals surface area contributed by atoms with Crippen molar-refractivity contribution in [2.75, 3.05) is 13.2 Å². The van der Waals surface area contributed by atoms with Gasteiger partial charge in [-0.25, -0.2) is 9.07 Å². The van der Waals surface area contributed by atoms with E-state index in [0.717, 1.165) is 5.69 Å².